The van der Waals surface area contributed by atoms with E-state index in [1.807, 2.05) is 0 Å². The van der Waals surface area contributed by atoms with E-state index in [4.69, 9.17) is 5.73 Å². The summed E-state index contributed by atoms with van der Waals surface area (Å²) >= 11 is 1.72. The molecule has 2 heteroatoms. The molecule has 0 spiro atoms. The van der Waals surface area contributed by atoms with Gasteiger partial charge in [-0.1, -0.05) is 19.8 Å². The molecule has 0 aromatic carbocycles. The monoisotopic (exact) mass is 169 g/mol. The highest BCUT2D eigenvalue weighted by molar-refractivity contribution is 7.07. The molecule has 62 valence electrons. The summed E-state index contributed by atoms with van der Waals surface area (Å²) in [6.07, 6.45) is 3.59. The van der Waals surface area contributed by atoms with Crippen molar-refractivity contribution in [2.24, 2.45) is 5.73 Å². The lowest BCUT2D eigenvalue weighted by Crippen LogP contribution is -2.08. The molecule has 1 nitrogen and oxygen atoms in total. The first-order chi connectivity index (χ1) is 5.34. The molecule has 0 amide bonds. The Labute approximate surface area is 72.2 Å². The van der Waals surface area contributed by atoms with E-state index in [2.05, 4.69) is 23.8 Å². The first kappa shape index (κ1) is 8.75. The van der Waals surface area contributed by atoms with Gasteiger partial charge in [0.2, 0.25) is 0 Å². The first-order valence-corrected chi connectivity index (χ1v) is 5.06. The van der Waals surface area contributed by atoms with E-state index in [9.17, 15) is 0 Å². The largest absolute Gasteiger partial charge is 0.324 e. The maximum Gasteiger partial charge on any atom is 0.0303 e. The summed E-state index contributed by atoms with van der Waals surface area (Å²) in [5.41, 5.74) is 7.23. The Bertz CT molecular complexity index is 181. The number of rotatable bonds is 4. The van der Waals surface area contributed by atoms with Crippen molar-refractivity contribution in [3.63, 3.8) is 0 Å². The van der Waals surface area contributed by atoms with Gasteiger partial charge in [0.1, 0.15) is 0 Å². The van der Waals surface area contributed by atoms with Crippen molar-refractivity contribution in [1.82, 2.24) is 0 Å². The molecule has 1 rings (SSSR count). The van der Waals surface area contributed by atoms with Crippen LogP contribution in [0.1, 0.15) is 37.8 Å². The van der Waals surface area contributed by atoms with Crippen LogP contribution in [0.4, 0.5) is 0 Å². The lowest BCUT2D eigenvalue weighted by atomic mass is 10.1. The Hall–Kier alpha value is -0.340. The fourth-order valence-electron chi connectivity index (χ4n) is 1.08. The second kappa shape index (κ2) is 4.52. The normalized spacial score (nSPS) is 13.3. The van der Waals surface area contributed by atoms with Gasteiger partial charge in [-0.15, -0.1) is 0 Å². The van der Waals surface area contributed by atoms with Crippen molar-refractivity contribution >= 4 is 11.3 Å². The third-order valence-electron chi connectivity index (χ3n) is 1.84. The Balaban J connectivity index is 2.36. The van der Waals surface area contributed by atoms with E-state index in [-0.39, 0.29) is 6.04 Å². The molecule has 0 aliphatic heterocycles. The van der Waals surface area contributed by atoms with Crippen LogP contribution in [0.5, 0.6) is 0 Å². The Kier molecular flexibility index (Phi) is 3.60. The third-order valence-corrected chi connectivity index (χ3v) is 2.54. The van der Waals surface area contributed by atoms with Crippen LogP contribution in [0.2, 0.25) is 0 Å². The number of hydrogen-bond acceptors (Lipinski definition) is 2. The van der Waals surface area contributed by atoms with Crippen molar-refractivity contribution in [2.45, 2.75) is 32.2 Å². The van der Waals surface area contributed by atoms with E-state index in [0.29, 0.717) is 0 Å². The molecular formula is C9H15NS. The van der Waals surface area contributed by atoms with E-state index in [1.165, 1.54) is 18.4 Å². The van der Waals surface area contributed by atoms with Crippen molar-refractivity contribution < 1.29 is 0 Å². The number of unbranched alkanes of at least 4 members (excludes halogenated alkanes) is 1. The molecule has 1 aromatic rings. The average molecular weight is 169 g/mol. The van der Waals surface area contributed by atoms with Crippen LogP contribution in [0.25, 0.3) is 0 Å². The molecule has 1 atom stereocenters. The summed E-state index contributed by atoms with van der Waals surface area (Å²) in [6.45, 7) is 2.19. The molecule has 0 radical (unpaired) electrons. The van der Waals surface area contributed by atoms with Crippen LogP contribution in [-0.2, 0) is 0 Å². The van der Waals surface area contributed by atoms with Crippen LogP contribution in [0.3, 0.4) is 0 Å². The van der Waals surface area contributed by atoms with Crippen LogP contribution in [0, 0.1) is 0 Å². The van der Waals surface area contributed by atoms with Crippen LogP contribution < -0.4 is 5.73 Å². The molecule has 0 aliphatic carbocycles. The topological polar surface area (TPSA) is 26.0 Å². The predicted molar refractivity (Wildman–Crippen MR) is 50.8 cm³/mol. The highest BCUT2D eigenvalue weighted by Gasteiger charge is 2.03. The van der Waals surface area contributed by atoms with E-state index in [0.717, 1.165) is 6.42 Å². The smallest absolute Gasteiger partial charge is 0.0303 e. The Morgan fingerprint density at radius 3 is 3.00 bits per heavy atom. The number of hydrogen-bond donors (Lipinski definition) is 1. The molecule has 0 unspecified atom stereocenters. The highest BCUT2D eigenvalue weighted by Crippen LogP contribution is 2.18. The van der Waals surface area contributed by atoms with Crippen molar-refractivity contribution in [3.05, 3.63) is 22.4 Å². The molecule has 11 heavy (non-hydrogen) atoms. The summed E-state index contributed by atoms with van der Waals surface area (Å²) in [4.78, 5) is 0. The number of thiophene rings is 1. The minimum Gasteiger partial charge on any atom is -0.324 e. The minimum absolute atomic E-state index is 0.265. The quantitative estimate of drug-likeness (QED) is 0.736. The standard InChI is InChI=1S/C9H15NS/c1-2-3-4-9(10)8-5-6-11-7-8/h5-7,9H,2-4,10H2,1H3/t9-/m1/s1. The molecule has 0 aliphatic rings. The fourth-order valence-corrected chi connectivity index (χ4v) is 1.80. The lowest BCUT2D eigenvalue weighted by Gasteiger charge is -2.07. The van der Waals surface area contributed by atoms with E-state index in [1.54, 1.807) is 11.3 Å². The molecule has 0 saturated heterocycles. The van der Waals surface area contributed by atoms with Gasteiger partial charge in [-0.25, -0.2) is 0 Å². The van der Waals surface area contributed by atoms with Gasteiger partial charge in [-0.05, 0) is 28.8 Å². The average Bonchev–Trinajstić information content (AvgIpc) is 2.52. The lowest BCUT2D eigenvalue weighted by molar-refractivity contribution is 0.605. The zero-order chi connectivity index (χ0) is 8.10. The fraction of sp³-hybridized carbons (Fsp3) is 0.556. The third kappa shape index (κ3) is 2.64. The van der Waals surface area contributed by atoms with Gasteiger partial charge in [-0.3, -0.25) is 0 Å². The van der Waals surface area contributed by atoms with Gasteiger partial charge in [0.25, 0.3) is 0 Å². The maximum absolute atomic E-state index is 5.93. The van der Waals surface area contributed by atoms with E-state index >= 15 is 0 Å². The summed E-state index contributed by atoms with van der Waals surface area (Å²) in [5.74, 6) is 0. The summed E-state index contributed by atoms with van der Waals surface area (Å²) in [5, 5.41) is 4.22. The summed E-state index contributed by atoms with van der Waals surface area (Å²) in [6, 6.07) is 2.38. The molecule has 2 N–H and O–H groups in total. The highest BCUT2D eigenvalue weighted by atomic mass is 32.1. The molecule has 0 fully saturated rings. The van der Waals surface area contributed by atoms with Crippen LogP contribution in [-0.4, -0.2) is 0 Å². The Morgan fingerprint density at radius 1 is 1.64 bits per heavy atom. The van der Waals surface area contributed by atoms with Gasteiger partial charge in [0.05, 0.1) is 0 Å². The van der Waals surface area contributed by atoms with Gasteiger partial charge < -0.3 is 5.73 Å². The minimum atomic E-state index is 0.265. The maximum atomic E-state index is 5.93. The van der Waals surface area contributed by atoms with E-state index < -0.39 is 0 Å². The zero-order valence-electron chi connectivity index (χ0n) is 6.92. The predicted octanol–water partition coefficient (Wildman–Crippen LogP) is 2.94. The molecular weight excluding hydrogens is 154 g/mol. The SMILES string of the molecule is CCCC[C@@H](N)c1ccsc1. The van der Waals surface area contributed by atoms with Gasteiger partial charge in [0.15, 0.2) is 0 Å². The van der Waals surface area contributed by atoms with Gasteiger partial charge >= 0.3 is 0 Å². The van der Waals surface area contributed by atoms with Crippen molar-refractivity contribution in [1.29, 1.82) is 0 Å². The second-order valence-corrected chi connectivity index (χ2v) is 3.59. The van der Waals surface area contributed by atoms with Gasteiger partial charge in [0, 0.05) is 6.04 Å². The molecule has 1 heterocycles. The zero-order valence-corrected chi connectivity index (χ0v) is 7.73. The second-order valence-electron chi connectivity index (χ2n) is 2.81. The first-order valence-electron chi connectivity index (χ1n) is 4.12. The Morgan fingerprint density at radius 2 is 2.45 bits per heavy atom. The molecule has 0 saturated carbocycles. The number of nitrogens with two attached hydrogens (primary N) is 1. The molecule has 0 bridgehead atoms. The van der Waals surface area contributed by atoms with Crippen molar-refractivity contribution in [3.8, 4) is 0 Å². The van der Waals surface area contributed by atoms with Crippen LogP contribution >= 0.6 is 11.3 Å². The van der Waals surface area contributed by atoms with Crippen molar-refractivity contribution in [2.75, 3.05) is 0 Å². The van der Waals surface area contributed by atoms with Gasteiger partial charge in [-0.2, -0.15) is 11.3 Å². The summed E-state index contributed by atoms with van der Waals surface area (Å²) in [7, 11) is 0. The van der Waals surface area contributed by atoms with Crippen LogP contribution in [0.15, 0.2) is 16.8 Å². The summed E-state index contributed by atoms with van der Waals surface area (Å²) < 4.78 is 0. The molecule has 1 aromatic heterocycles.